The first-order valence-corrected chi connectivity index (χ1v) is 5.53. The summed E-state index contributed by atoms with van der Waals surface area (Å²) in [5, 5.41) is 12.7. The number of aromatic nitrogens is 1. The van der Waals surface area contributed by atoms with Gasteiger partial charge < -0.3 is 20.1 Å². The molecule has 15 heavy (non-hydrogen) atoms. The summed E-state index contributed by atoms with van der Waals surface area (Å²) in [6.45, 7) is 1.40. The summed E-state index contributed by atoms with van der Waals surface area (Å²) in [6, 6.07) is 0. The topological polar surface area (TPSA) is 57.6 Å². The maximum Gasteiger partial charge on any atom is 0.230 e. The van der Waals surface area contributed by atoms with E-state index in [4.69, 9.17) is 9.84 Å². The molecule has 0 fully saturated rings. The fraction of sp³-hybridized carbons (Fsp3) is 0.667. The van der Waals surface area contributed by atoms with Crippen LogP contribution < -0.4 is 15.0 Å². The van der Waals surface area contributed by atoms with E-state index in [2.05, 4.69) is 10.3 Å². The molecule has 0 aliphatic carbocycles. The molecule has 1 rings (SSSR count). The zero-order chi connectivity index (χ0) is 11.3. The second-order valence-corrected chi connectivity index (χ2v) is 4.29. The number of nitrogens with one attached hydrogen (secondary N) is 1. The molecule has 5 nitrogen and oxygen atoms in total. The van der Waals surface area contributed by atoms with Crippen molar-refractivity contribution in [2.24, 2.45) is 0 Å². The van der Waals surface area contributed by atoms with Crippen molar-refractivity contribution in [3.05, 3.63) is 4.88 Å². The number of aliphatic hydroxyl groups excluding tert-OH is 1. The Morgan fingerprint density at radius 1 is 1.53 bits per heavy atom. The summed E-state index contributed by atoms with van der Waals surface area (Å²) in [4.78, 5) is 7.32. The van der Waals surface area contributed by atoms with Gasteiger partial charge in [-0.25, -0.2) is 0 Å². The molecule has 86 valence electrons. The molecule has 1 aromatic heterocycles. The average Bonchev–Trinajstić information content (AvgIpc) is 2.62. The average molecular weight is 231 g/mol. The van der Waals surface area contributed by atoms with Crippen LogP contribution in [0.15, 0.2) is 0 Å². The van der Waals surface area contributed by atoms with Crippen molar-refractivity contribution < 1.29 is 9.84 Å². The number of thiazole rings is 1. The van der Waals surface area contributed by atoms with Crippen LogP contribution in [0.25, 0.3) is 0 Å². The van der Waals surface area contributed by atoms with E-state index in [0.717, 1.165) is 10.0 Å². The molecule has 0 aliphatic rings. The van der Waals surface area contributed by atoms with Crippen LogP contribution >= 0.6 is 11.3 Å². The van der Waals surface area contributed by atoms with Gasteiger partial charge in [0.15, 0.2) is 5.13 Å². The molecule has 1 heterocycles. The van der Waals surface area contributed by atoms with Crippen molar-refractivity contribution in [2.75, 3.05) is 39.3 Å². The maximum absolute atomic E-state index is 8.65. The molecule has 0 spiro atoms. The molecule has 0 radical (unpaired) electrons. The lowest BCUT2D eigenvalue weighted by atomic mass is 10.5. The van der Waals surface area contributed by atoms with Crippen LogP contribution in [0.5, 0.6) is 5.88 Å². The first-order valence-electron chi connectivity index (χ1n) is 4.71. The fourth-order valence-corrected chi connectivity index (χ4v) is 1.99. The Kier molecular flexibility index (Phi) is 4.80. The van der Waals surface area contributed by atoms with Gasteiger partial charge in [0.1, 0.15) is 0 Å². The number of methoxy groups -OCH3 is 1. The SMILES string of the molecule is COc1nc(N(C)C)sc1CNCCO. The van der Waals surface area contributed by atoms with E-state index in [1.165, 1.54) is 0 Å². The second-order valence-electron chi connectivity index (χ2n) is 3.22. The van der Waals surface area contributed by atoms with Gasteiger partial charge in [-0.05, 0) is 0 Å². The Balaban J connectivity index is 2.67. The Bertz CT molecular complexity index is 302. The quantitative estimate of drug-likeness (QED) is 0.690. The van der Waals surface area contributed by atoms with Crippen molar-refractivity contribution in [3.63, 3.8) is 0 Å². The summed E-state index contributed by atoms with van der Waals surface area (Å²) in [7, 11) is 5.51. The second kappa shape index (κ2) is 5.89. The Morgan fingerprint density at radius 3 is 2.80 bits per heavy atom. The molecule has 0 aromatic carbocycles. The minimum atomic E-state index is 0.141. The number of hydrogen-bond donors (Lipinski definition) is 2. The largest absolute Gasteiger partial charge is 0.480 e. The predicted octanol–water partition coefficient (Wildman–Crippen LogP) is 0.300. The van der Waals surface area contributed by atoms with E-state index in [1.807, 2.05) is 19.0 Å². The highest BCUT2D eigenvalue weighted by Crippen LogP contribution is 2.29. The molecule has 0 amide bonds. The number of nitrogens with zero attached hydrogens (tertiary/aromatic N) is 2. The van der Waals surface area contributed by atoms with E-state index in [-0.39, 0.29) is 6.61 Å². The zero-order valence-electron chi connectivity index (χ0n) is 9.28. The van der Waals surface area contributed by atoms with Crippen LogP contribution in [0.4, 0.5) is 5.13 Å². The normalized spacial score (nSPS) is 10.4. The fourth-order valence-electron chi connectivity index (χ4n) is 1.07. The highest BCUT2D eigenvalue weighted by Gasteiger charge is 2.12. The Hall–Kier alpha value is -0.850. The molecule has 0 aliphatic heterocycles. The van der Waals surface area contributed by atoms with Crippen molar-refractivity contribution in [2.45, 2.75) is 6.54 Å². The van der Waals surface area contributed by atoms with Crippen molar-refractivity contribution in [1.82, 2.24) is 10.3 Å². The molecule has 1 aromatic rings. The van der Waals surface area contributed by atoms with Crippen molar-refractivity contribution >= 4 is 16.5 Å². The van der Waals surface area contributed by atoms with Gasteiger partial charge in [-0.15, -0.1) is 0 Å². The Labute approximate surface area is 93.7 Å². The van der Waals surface area contributed by atoms with Crippen LogP contribution in [-0.4, -0.2) is 44.4 Å². The minimum Gasteiger partial charge on any atom is -0.480 e. The molecular weight excluding hydrogens is 214 g/mol. The number of ether oxygens (including phenoxy) is 1. The maximum atomic E-state index is 8.65. The molecule has 0 atom stereocenters. The van der Waals surface area contributed by atoms with Crippen LogP contribution in [0.2, 0.25) is 0 Å². The summed E-state index contributed by atoms with van der Waals surface area (Å²) in [5.41, 5.74) is 0. The highest BCUT2D eigenvalue weighted by atomic mass is 32.1. The van der Waals surface area contributed by atoms with Gasteiger partial charge in [0.25, 0.3) is 0 Å². The summed E-state index contributed by atoms with van der Waals surface area (Å²) < 4.78 is 5.18. The van der Waals surface area contributed by atoms with Crippen LogP contribution in [0.3, 0.4) is 0 Å². The van der Waals surface area contributed by atoms with Gasteiger partial charge >= 0.3 is 0 Å². The van der Waals surface area contributed by atoms with Crippen LogP contribution in [0, 0.1) is 0 Å². The first-order chi connectivity index (χ1) is 7.19. The van der Waals surface area contributed by atoms with Crippen LogP contribution in [-0.2, 0) is 6.54 Å². The molecule has 0 unspecified atom stereocenters. The lowest BCUT2D eigenvalue weighted by Gasteiger charge is -2.04. The number of aliphatic hydroxyl groups is 1. The zero-order valence-corrected chi connectivity index (χ0v) is 10.1. The van der Waals surface area contributed by atoms with Gasteiger partial charge in [-0.2, -0.15) is 4.98 Å². The van der Waals surface area contributed by atoms with Gasteiger partial charge in [0.2, 0.25) is 5.88 Å². The lowest BCUT2D eigenvalue weighted by Crippen LogP contribution is -2.17. The summed E-state index contributed by atoms with van der Waals surface area (Å²) >= 11 is 1.59. The Morgan fingerprint density at radius 2 is 2.27 bits per heavy atom. The molecule has 2 N–H and O–H groups in total. The number of hydrogen-bond acceptors (Lipinski definition) is 6. The molecule has 6 heteroatoms. The van der Waals surface area contributed by atoms with E-state index >= 15 is 0 Å². The third-order valence-corrected chi connectivity index (χ3v) is 3.00. The third-order valence-electron chi connectivity index (χ3n) is 1.80. The minimum absolute atomic E-state index is 0.141. The van der Waals surface area contributed by atoms with Gasteiger partial charge in [-0.3, -0.25) is 0 Å². The molecule has 0 bridgehead atoms. The highest BCUT2D eigenvalue weighted by molar-refractivity contribution is 7.15. The van der Waals surface area contributed by atoms with Crippen LogP contribution in [0.1, 0.15) is 4.88 Å². The predicted molar refractivity (Wildman–Crippen MR) is 61.8 cm³/mol. The van der Waals surface area contributed by atoms with Crippen molar-refractivity contribution in [3.8, 4) is 5.88 Å². The van der Waals surface area contributed by atoms with Gasteiger partial charge in [0, 0.05) is 27.2 Å². The van der Waals surface area contributed by atoms with E-state index in [0.29, 0.717) is 19.0 Å². The van der Waals surface area contributed by atoms with E-state index < -0.39 is 0 Å². The smallest absolute Gasteiger partial charge is 0.230 e. The molecule has 0 saturated heterocycles. The van der Waals surface area contributed by atoms with Crippen molar-refractivity contribution in [1.29, 1.82) is 0 Å². The van der Waals surface area contributed by atoms with Gasteiger partial charge in [-0.1, -0.05) is 11.3 Å². The lowest BCUT2D eigenvalue weighted by molar-refractivity contribution is 0.291. The number of rotatable bonds is 6. The van der Waals surface area contributed by atoms with E-state index in [1.54, 1.807) is 18.4 Å². The van der Waals surface area contributed by atoms with Gasteiger partial charge in [0.05, 0.1) is 18.6 Å². The molecule has 0 saturated carbocycles. The first kappa shape index (κ1) is 12.2. The monoisotopic (exact) mass is 231 g/mol. The molecular formula is C9H17N3O2S. The third kappa shape index (κ3) is 3.33. The standard InChI is InChI=1S/C9H17N3O2S/c1-12(2)9-11-8(14-3)7(15-9)6-10-4-5-13/h10,13H,4-6H2,1-3H3. The van der Waals surface area contributed by atoms with E-state index in [9.17, 15) is 0 Å². The summed E-state index contributed by atoms with van der Waals surface area (Å²) in [5.74, 6) is 0.661. The summed E-state index contributed by atoms with van der Waals surface area (Å²) in [6.07, 6.45) is 0. The number of anilines is 1.